The lowest BCUT2D eigenvalue weighted by Gasteiger charge is -2.20. The minimum Gasteiger partial charge on any atom is -0.497 e. The quantitative estimate of drug-likeness (QED) is 0.318. The Labute approximate surface area is 210 Å². The molecule has 0 aliphatic carbocycles. The number of benzene rings is 3. The van der Waals surface area contributed by atoms with Crippen LogP contribution >= 0.6 is 0 Å². The Morgan fingerprint density at radius 2 is 1.28 bits per heavy atom. The molecule has 188 valence electrons. The average Bonchev–Trinajstić information content (AvgIpc) is 2.93. The molecule has 8 heteroatoms. The van der Waals surface area contributed by atoms with E-state index >= 15 is 0 Å². The molecule has 0 radical (unpaired) electrons. The fourth-order valence-corrected chi connectivity index (χ4v) is 3.47. The van der Waals surface area contributed by atoms with Crippen molar-refractivity contribution in [3.8, 4) is 23.0 Å². The molecule has 0 fully saturated rings. The molecule has 0 unspecified atom stereocenters. The smallest absolute Gasteiger partial charge is 0.331 e. The van der Waals surface area contributed by atoms with Gasteiger partial charge in [-0.05, 0) is 59.7 Å². The van der Waals surface area contributed by atoms with Crippen LogP contribution in [0, 0.1) is 0 Å². The molecule has 3 rings (SSSR count). The molecule has 3 aromatic rings. The summed E-state index contributed by atoms with van der Waals surface area (Å²) < 4.78 is 26.1. The Balaban J connectivity index is 1.68. The van der Waals surface area contributed by atoms with Crippen LogP contribution in [0.3, 0.4) is 0 Å². The van der Waals surface area contributed by atoms with Crippen molar-refractivity contribution in [1.82, 2.24) is 5.32 Å². The summed E-state index contributed by atoms with van der Waals surface area (Å²) in [4.78, 5) is 25.0. The number of ether oxygens (including phenoxy) is 5. The summed E-state index contributed by atoms with van der Waals surface area (Å²) in [5.74, 6) is 1.47. The maximum absolute atomic E-state index is 12.7. The first-order chi connectivity index (χ1) is 17.5. The molecule has 0 spiro atoms. The molecule has 0 aliphatic rings. The molecule has 8 nitrogen and oxygen atoms in total. The third kappa shape index (κ3) is 7.02. The molecule has 36 heavy (non-hydrogen) atoms. The normalized spacial score (nSPS) is 10.7. The van der Waals surface area contributed by atoms with Crippen LogP contribution in [-0.4, -0.2) is 46.9 Å². The summed E-state index contributed by atoms with van der Waals surface area (Å²) in [6.07, 6.45) is 2.77. The van der Waals surface area contributed by atoms with Gasteiger partial charge in [0.05, 0.1) is 34.5 Å². The monoisotopic (exact) mass is 491 g/mol. The van der Waals surface area contributed by atoms with Gasteiger partial charge in [0, 0.05) is 11.6 Å². The SMILES string of the molecule is COc1ccc(C(NC(=O)COC(=O)/C=C/c2cc(OC)ccc2OC)c2ccc(OC)cc2)cc1. The number of carbonyl (C=O) groups is 2. The fraction of sp³-hybridized carbons (Fsp3) is 0.214. The Morgan fingerprint density at radius 3 is 1.78 bits per heavy atom. The van der Waals surface area contributed by atoms with Gasteiger partial charge in [-0.15, -0.1) is 0 Å². The van der Waals surface area contributed by atoms with Gasteiger partial charge in [-0.25, -0.2) is 4.79 Å². The van der Waals surface area contributed by atoms with Gasteiger partial charge in [-0.3, -0.25) is 4.79 Å². The van der Waals surface area contributed by atoms with Gasteiger partial charge >= 0.3 is 5.97 Å². The van der Waals surface area contributed by atoms with Gasteiger partial charge in [-0.2, -0.15) is 0 Å². The number of hydrogen-bond donors (Lipinski definition) is 1. The van der Waals surface area contributed by atoms with E-state index in [4.69, 9.17) is 23.7 Å². The summed E-state index contributed by atoms with van der Waals surface area (Å²) >= 11 is 0. The number of esters is 1. The summed E-state index contributed by atoms with van der Waals surface area (Å²) in [7, 11) is 6.26. The van der Waals surface area contributed by atoms with Crippen molar-refractivity contribution in [2.75, 3.05) is 35.0 Å². The van der Waals surface area contributed by atoms with Crippen molar-refractivity contribution in [1.29, 1.82) is 0 Å². The number of hydrogen-bond acceptors (Lipinski definition) is 7. The second-order valence-electron chi connectivity index (χ2n) is 7.60. The van der Waals surface area contributed by atoms with Gasteiger partial charge in [0.1, 0.15) is 23.0 Å². The van der Waals surface area contributed by atoms with E-state index in [0.29, 0.717) is 28.6 Å². The highest BCUT2D eigenvalue weighted by Gasteiger charge is 2.18. The van der Waals surface area contributed by atoms with E-state index in [-0.39, 0.29) is 0 Å². The van der Waals surface area contributed by atoms with Crippen molar-refractivity contribution in [3.63, 3.8) is 0 Å². The van der Waals surface area contributed by atoms with Crippen molar-refractivity contribution < 1.29 is 33.3 Å². The van der Waals surface area contributed by atoms with E-state index in [1.807, 2.05) is 48.5 Å². The third-order valence-corrected chi connectivity index (χ3v) is 5.38. The third-order valence-electron chi connectivity index (χ3n) is 5.38. The minimum absolute atomic E-state index is 0.443. The topological polar surface area (TPSA) is 92.3 Å². The zero-order valence-electron chi connectivity index (χ0n) is 20.6. The van der Waals surface area contributed by atoms with Crippen molar-refractivity contribution >= 4 is 18.0 Å². The summed E-state index contributed by atoms with van der Waals surface area (Å²) in [6.45, 7) is -0.443. The zero-order valence-corrected chi connectivity index (χ0v) is 20.6. The maximum Gasteiger partial charge on any atom is 0.331 e. The van der Waals surface area contributed by atoms with E-state index in [1.165, 1.54) is 13.2 Å². The largest absolute Gasteiger partial charge is 0.497 e. The first-order valence-corrected chi connectivity index (χ1v) is 11.1. The first kappa shape index (κ1) is 26.2. The first-order valence-electron chi connectivity index (χ1n) is 11.1. The highest BCUT2D eigenvalue weighted by molar-refractivity contribution is 5.90. The summed E-state index contributed by atoms with van der Waals surface area (Å²) in [5.41, 5.74) is 2.31. The fourth-order valence-electron chi connectivity index (χ4n) is 3.47. The van der Waals surface area contributed by atoms with Gasteiger partial charge in [0.25, 0.3) is 5.91 Å². The average molecular weight is 492 g/mol. The van der Waals surface area contributed by atoms with Gasteiger partial charge in [-0.1, -0.05) is 24.3 Å². The predicted octanol–water partition coefficient (Wildman–Crippen LogP) is 4.18. The number of nitrogens with one attached hydrogen (secondary N) is 1. The second-order valence-corrected chi connectivity index (χ2v) is 7.60. The predicted molar refractivity (Wildman–Crippen MR) is 136 cm³/mol. The Hall–Kier alpha value is -4.46. The maximum atomic E-state index is 12.7. The van der Waals surface area contributed by atoms with Crippen LogP contribution in [0.1, 0.15) is 22.7 Å². The summed E-state index contributed by atoms with van der Waals surface area (Å²) in [5, 5.41) is 2.93. The van der Waals surface area contributed by atoms with Crippen LogP contribution in [0.15, 0.2) is 72.8 Å². The second kappa shape index (κ2) is 12.9. The molecule has 0 aliphatic heterocycles. The minimum atomic E-state index is -0.666. The molecule has 1 N–H and O–H groups in total. The van der Waals surface area contributed by atoms with Crippen LogP contribution in [0.5, 0.6) is 23.0 Å². The van der Waals surface area contributed by atoms with E-state index in [2.05, 4.69) is 5.32 Å². The highest BCUT2D eigenvalue weighted by atomic mass is 16.5. The molecule has 0 atom stereocenters. The van der Waals surface area contributed by atoms with E-state index in [1.54, 1.807) is 45.6 Å². The van der Waals surface area contributed by atoms with Crippen LogP contribution in [0.2, 0.25) is 0 Å². The molecule has 0 saturated carbocycles. The molecular weight excluding hydrogens is 462 g/mol. The molecule has 3 aromatic carbocycles. The Kier molecular flexibility index (Phi) is 9.33. The Bertz CT molecular complexity index is 1140. The van der Waals surface area contributed by atoms with Crippen molar-refractivity contribution in [3.05, 3.63) is 89.5 Å². The van der Waals surface area contributed by atoms with Crippen LogP contribution < -0.4 is 24.3 Å². The standard InChI is InChI=1S/C28H29NO7/c1-32-22-10-5-19(6-11-22)28(20-7-12-23(33-2)13-8-20)29-26(30)18-36-27(31)16-9-21-17-24(34-3)14-15-25(21)35-4/h5-17,28H,18H2,1-4H3,(H,29,30)/b16-9+. The van der Waals surface area contributed by atoms with Gasteiger partial charge in [0.15, 0.2) is 6.61 Å². The lowest BCUT2D eigenvalue weighted by atomic mass is 9.98. The number of methoxy groups -OCH3 is 4. The van der Waals surface area contributed by atoms with E-state index < -0.39 is 24.5 Å². The molecule has 0 saturated heterocycles. The van der Waals surface area contributed by atoms with Crippen LogP contribution in [-0.2, 0) is 14.3 Å². The molecule has 1 amide bonds. The number of carbonyl (C=O) groups excluding carboxylic acids is 2. The van der Waals surface area contributed by atoms with Crippen molar-refractivity contribution in [2.45, 2.75) is 6.04 Å². The lowest BCUT2D eigenvalue weighted by molar-refractivity contribution is -0.143. The van der Waals surface area contributed by atoms with Gasteiger partial charge < -0.3 is 29.0 Å². The molecular formula is C28H29NO7. The van der Waals surface area contributed by atoms with E-state index in [0.717, 1.165) is 11.1 Å². The number of rotatable bonds is 11. The van der Waals surface area contributed by atoms with E-state index in [9.17, 15) is 9.59 Å². The molecule has 0 heterocycles. The van der Waals surface area contributed by atoms with Gasteiger partial charge in [0.2, 0.25) is 0 Å². The Morgan fingerprint density at radius 1 is 0.750 bits per heavy atom. The van der Waals surface area contributed by atoms with Crippen LogP contribution in [0.25, 0.3) is 6.08 Å². The molecule has 0 bridgehead atoms. The highest BCUT2D eigenvalue weighted by Crippen LogP contribution is 2.27. The molecule has 0 aromatic heterocycles. The van der Waals surface area contributed by atoms with Crippen LogP contribution in [0.4, 0.5) is 0 Å². The van der Waals surface area contributed by atoms with Crippen molar-refractivity contribution in [2.24, 2.45) is 0 Å². The number of amides is 1. The lowest BCUT2D eigenvalue weighted by Crippen LogP contribution is -2.33. The zero-order chi connectivity index (χ0) is 25.9. The summed E-state index contributed by atoms with van der Waals surface area (Å²) in [6, 6.07) is 19.5.